The third-order valence-electron chi connectivity index (χ3n) is 2.29. The predicted molar refractivity (Wildman–Crippen MR) is 53.6 cm³/mol. The Bertz CT molecular complexity index is 444. The molecule has 1 amide bonds. The fourth-order valence-electron chi connectivity index (χ4n) is 1.37. The molecule has 0 bridgehead atoms. The van der Waals surface area contributed by atoms with Gasteiger partial charge in [0.1, 0.15) is 5.75 Å². The molecule has 1 aliphatic heterocycles. The van der Waals surface area contributed by atoms with Crippen molar-refractivity contribution in [2.75, 3.05) is 20.2 Å². The molecule has 0 N–H and O–H groups in total. The molecule has 1 saturated heterocycles. The number of nitriles is 1. The molecule has 0 unspecified atom stereocenters. The van der Waals surface area contributed by atoms with Crippen molar-refractivity contribution in [1.29, 1.82) is 5.26 Å². The lowest BCUT2D eigenvalue weighted by Gasteiger charge is -2.07. The maximum atomic E-state index is 11.8. The molecule has 76 valence electrons. The summed E-state index contributed by atoms with van der Waals surface area (Å²) >= 11 is 0. The van der Waals surface area contributed by atoms with Crippen LogP contribution in [-0.2, 0) is 0 Å². The van der Waals surface area contributed by atoms with Crippen molar-refractivity contribution in [3.63, 3.8) is 0 Å². The first-order valence-corrected chi connectivity index (χ1v) is 4.63. The van der Waals surface area contributed by atoms with Crippen LogP contribution in [0.1, 0.15) is 15.9 Å². The normalized spacial score (nSPS) is 13.2. The van der Waals surface area contributed by atoms with Gasteiger partial charge in [0.2, 0.25) is 0 Å². The standard InChI is InChI=1S/C11H10N2O2/c1-15-10-3-2-8(7-12)6-9(10)11(14)13-4-5-13/h2-3,6H,4-5H2,1H3. The summed E-state index contributed by atoms with van der Waals surface area (Å²) in [7, 11) is 1.51. The van der Waals surface area contributed by atoms with E-state index in [9.17, 15) is 4.79 Å². The van der Waals surface area contributed by atoms with Crippen molar-refractivity contribution < 1.29 is 9.53 Å². The maximum absolute atomic E-state index is 11.8. The molecule has 0 radical (unpaired) electrons. The average Bonchev–Trinajstić information content (AvgIpc) is 3.11. The number of hydrogen-bond acceptors (Lipinski definition) is 3. The maximum Gasteiger partial charge on any atom is 0.257 e. The van der Waals surface area contributed by atoms with E-state index in [0.717, 1.165) is 13.1 Å². The largest absolute Gasteiger partial charge is 0.496 e. The highest BCUT2D eigenvalue weighted by molar-refractivity contribution is 5.98. The molecule has 15 heavy (non-hydrogen) atoms. The summed E-state index contributed by atoms with van der Waals surface area (Å²) in [6.45, 7) is 1.58. The van der Waals surface area contributed by atoms with Crippen molar-refractivity contribution >= 4 is 5.91 Å². The number of carbonyl (C=O) groups excluding carboxylic acids is 1. The molecule has 1 heterocycles. The fraction of sp³-hybridized carbons (Fsp3) is 0.273. The van der Waals surface area contributed by atoms with E-state index in [4.69, 9.17) is 10.00 Å². The van der Waals surface area contributed by atoms with Crippen molar-refractivity contribution in [2.24, 2.45) is 0 Å². The smallest absolute Gasteiger partial charge is 0.257 e. The van der Waals surface area contributed by atoms with E-state index in [-0.39, 0.29) is 5.91 Å². The molecule has 0 atom stereocenters. The fourth-order valence-corrected chi connectivity index (χ4v) is 1.37. The minimum absolute atomic E-state index is 0.0658. The molecule has 1 fully saturated rings. The molecule has 1 aromatic rings. The van der Waals surface area contributed by atoms with Gasteiger partial charge in [-0.1, -0.05) is 0 Å². The number of ether oxygens (including phenoxy) is 1. The van der Waals surface area contributed by atoms with E-state index in [2.05, 4.69) is 0 Å². The Kier molecular flexibility index (Phi) is 2.30. The van der Waals surface area contributed by atoms with Gasteiger partial charge in [-0.15, -0.1) is 0 Å². The van der Waals surface area contributed by atoms with Gasteiger partial charge in [-0.2, -0.15) is 5.26 Å². The molecule has 4 nitrogen and oxygen atoms in total. The lowest BCUT2D eigenvalue weighted by molar-refractivity contribution is 0.0882. The predicted octanol–water partition coefficient (Wildman–Crippen LogP) is 1.02. The summed E-state index contributed by atoms with van der Waals surface area (Å²) in [6, 6.07) is 6.86. The SMILES string of the molecule is COc1ccc(C#N)cc1C(=O)N1CC1. The Labute approximate surface area is 87.7 Å². The molecular weight excluding hydrogens is 192 g/mol. The molecule has 0 aliphatic carbocycles. The van der Waals surface area contributed by atoms with E-state index in [1.165, 1.54) is 7.11 Å². The van der Waals surface area contributed by atoms with Crippen LogP contribution < -0.4 is 4.74 Å². The average molecular weight is 202 g/mol. The number of carbonyl (C=O) groups is 1. The minimum Gasteiger partial charge on any atom is -0.496 e. The summed E-state index contributed by atoms with van der Waals surface area (Å²) in [4.78, 5) is 13.5. The van der Waals surface area contributed by atoms with Crippen LogP contribution >= 0.6 is 0 Å². The highest BCUT2D eigenvalue weighted by Crippen LogP contribution is 2.23. The summed E-state index contributed by atoms with van der Waals surface area (Å²) in [5.74, 6) is 0.454. The highest BCUT2D eigenvalue weighted by atomic mass is 16.5. The van der Waals surface area contributed by atoms with Crippen molar-refractivity contribution in [3.05, 3.63) is 29.3 Å². The van der Waals surface area contributed by atoms with Crippen LogP contribution in [0.5, 0.6) is 5.75 Å². The highest BCUT2D eigenvalue weighted by Gasteiger charge is 2.27. The van der Waals surface area contributed by atoms with Crippen LogP contribution in [0.4, 0.5) is 0 Å². The van der Waals surface area contributed by atoms with Crippen LogP contribution in [0.15, 0.2) is 18.2 Å². The first-order valence-electron chi connectivity index (χ1n) is 4.63. The number of amides is 1. The van der Waals surface area contributed by atoms with Crippen LogP contribution in [0.3, 0.4) is 0 Å². The van der Waals surface area contributed by atoms with Gasteiger partial charge in [0.25, 0.3) is 5.91 Å². The molecule has 2 rings (SSSR count). The summed E-state index contributed by atoms with van der Waals surface area (Å²) in [6.07, 6.45) is 0. The van der Waals surface area contributed by atoms with Gasteiger partial charge in [0.15, 0.2) is 0 Å². The first-order chi connectivity index (χ1) is 7.26. The van der Waals surface area contributed by atoms with Crippen LogP contribution in [0, 0.1) is 11.3 Å². The molecule has 4 heteroatoms. The lowest BCUT2D eigenvalue weighted by atomic mass is 10.1. The molecular formula is C11H10N2O2. The molecule has 0 saturated carbocycles. The summed E-state index contributed by atoms with van der Waals surface area (Å²) in [5.41, 5.74) is 0.940. The molecule has 0 spiro atoms. The van der Waals surface area contributed by atoms with E-state index in [1.54, 1.807) is 23.1 Å². The number of hydrogen-bond donors (Lipinski definition) is 0. The monoisotopic (exact) mass is 202 g/mol. The third kappa shape index (κ3) is 1.77. The van der Waals surface area contributed by atoms with Gasteiger partial charge in [-0.05, 0) is 18.2 Å². The van der Waals surface area contributed by atoms with Crippen LogP contribution in [0.2, 0.25) is 0 Å². The van der Waals surface area contributed by atoms with E-state index in [0.29, 0.717) is 16.9 Å². The summed E-state index contributed by atoms with van der Waals surface area (Å²) < 4.78 is 5.09. The second-order valence-corrected chi connectivity index (χ2v) is 3.32. The van der Waals surface area contributed by atoms with Gasteiger partial charge in [-0.3, -0.25) is 4.79 Å². The second-order valence-electron chi connectivity index (χ2n) is 3.32. The lowest BCUT2D eigenvalue weighted by Crippen LogP contribution is -2.12. The Morgan fingerprint density at radius 2 is 2.27 bits per heavy atom. The Balaban J connectivity index is 2.41. The Hall–Kier alpha value is -2.02. The second kappa shape index (κ2) is 3.62. The van der Waals surface area contributed by atoms with E-state index in [1.807, 2.05) is 6.07 Å². The van der Waals surface area contributed by atoms with Crippen molar-refractivity contribution in [2.45, 2.75) is 0 Å². The Morgan fingerprint density at radius 3 is 2.80 bits per heavy atom. The Morgan fingerprint density at radius 1 is 1.53 bits per heavy atom. The summed E-state index contributed by atoms with van der Waals surface area (Å²) in [5, 5.41) is 8.75. The number of nitrogens with zero attached hydrogens (tertiary/aromatic N) is 2. The first kappa shape index (κ1) is 9.53. The minimum atomic E-state index is -0.0658. The van der Waals surface area contributed by atoms with Crippen LogP contribution in [0.25, 0.3) is 0 Å². The van der Waals surface area contributed by atoms with Crippen molar-refractivity contribution in [3.8, 4) is 11.8 Å². The van der Waals surface area contributed by atoms with Gasteiger partial charge in [0, 0.05) is 13.1 Å². The number of benzene rings is 1. The number of rotatable bonds is 2. The van der Waals surface area contributed by atoms with Gasteiger partial charge in [0.05, 0.1) is 24.3 Å². The number of methoxy groups -OCH3 is 1. The van der Waals surface area contributed by atoms with Gasteiger partial charge in [-0.25, -0.2) is 0 Å². The topological polar surface area (TPSA) is 53.1 Å². The quantitative estimate of drug-likeness (QED) is 0.673. The molecule has 1 aromatic carbocycles. The van der Waals surface area contributed by atoms with Crippen LogP contribution in [-0.4, -0.2) is 31.0 Å². The molecule has 0 aromatic heterocycles. The zero-order chi connectivity index (χ0) is 10.8. The van der Waals surface area contributed by atoms with Crippen molar-refractivity contribution in [1.82, 2.24) is 4.90 Å². The van der Waals surface area contributed by atoms with E-state index < -0.39 is 0 Å². The molecule has 1 aliphatic rings. The third-order valence-corrected chi connectivity index (χ3v) is 2.29. The van der Waals surface area contributed by atoms with E-state index >= 15 is 0 Å². The zero-order valence-electron chi connectivity index (χ0n) is 8.36. The zero-order valence-corrected chi connectivity index (χ0v) is 8.36. The van der Waals surface area contributed by atoms with Gasteiger partial charge < -0.3 is 9.64 Å². The van der Waals surface area contributed by atoms with Gasteiger partial charge >= 0.3 is 0 Å².